The largest absolute Gasteiger partial charge is 0.453 e. The van der Waals surface area contributed by atoms with E-state index in [9.17, 15) is 19.2 Å². The van der Waals surface area contributed by atoms with Gasteiger partial charge < -0.3 is 39.9 Å². The number of rotatable bonds is 8. The molecule has 2 aliphatic heterocycles. The van der Waals surface area contributed by atoms with Gasteiger partial charge in [-0.05, 0) is 73.2 Å². The molecule has 58 heavy (non-hydrogen) atoms. The topological polar surface area (TPSA) is 175 Å². The summed E-state index contributed by atoms with van der Waals surface area (Å²) in [5.41, 5.74) is 6.02. The quantitative estimate of drug-likeness (QED) is 0.129. The Labute approximate surface area is 334 Å². The average Bonchev–Trinajstić information content (AvgIpc) is 4.09. The molecule has 0 spiro atoms. The third kappa shape index (κ3) is 7.79. The molecule has 4 amide bonds. The molecule has 4 atom stereocenters. The number of nitrogens with zero attached hydrogens (tertiary/aromatic N) is 4. The van der Waals surface area contributed by atoms with Crippen LogP contribution < -0.4 is 10.6 Å². The van der Waals surface area contributed by atoms with Crippen molar-refractivity contribution in [2.45, 2.75) is 49.9 Å². The summed E-state index contributed by atoms with van der Waals surface area (Å²) in [6, 6.07) is 27.4. The van der Waals surface area contributed by atoms with Crippen molar-refractivity contribution >= 4 is 46.1 Å². The number of aromatic amines is 2. The fourth-order valence-corrected chi connectivity index (χ4v) is 7.86. The van der Waals surface area contributed by atoms with Gasteiger partial charge in [0.2, 0.25) is 0 Å². The number of hydrogen-bond acceptors (Lipinski definition) is 8. The summed E-state index contributed by atoms with van der Waals surface area (Å²) in [4.78, 5) is 72.4. The molecule has 0 aliphatic carbocycles. The highest BCUT2D eigenvalue weighted by atomic mass is 16.5. The Hall–Kier alpha value is -7.14. The summed E-state index contributed by atoms with van der Waals surface area (Å²) in [5.74, 6) is 7.42. The molecular formula is C44H42N8O6. The van der Waals surface area contributed by atoms with Gasteiger partial charge in [0, 0.05) is 24.2 Å². The number of alkyl carbamates (subject to hydrolysis) is 2. The number of ether oxygens (including phenoxy) is 2. The van der Waals surface area contributed by atoms with Crippen LogP contribution in [0.15, 0.2) is 97.1 Å². The number of aromatic nitrogens is 4. The van der Waals surface area contributed by atoms with Crippen molar-refractivity contribution in [1.29, 1.82) is 0 Å². The van der Waals surface area contributed by atoms with Crippen LogP contribution in [0, 0.1) is 11.8 Å². The molecule has 4 heterocycles. The van der Waals surface area contributed by atoms with Crippen molar-refractivity contribution in [3.05, 3.63) is 131 Å². The molecule has 4 aromatic carbocycles. The van der Waals surface area contributed by atoms with E-state index in [0.29, 0.717) is 35.9 Å². The molecule has 2 fully saturated rings. The Morgan fingerprint density at radius 2 is 1.05 bits per heavy atom. The van der Waals surface area contributed by atoms with E-state index in [1.54, 1.807) is 9.80 Å². The van der Waals surface area contributed by atoms with Crippen LogP contribution in [0.4, 0.5) is 9.59 Å². The Morgan fingerprint density at radius 1 is 0.638 bits per heavy atom. The van der Waals surface area contributed by atoms with Crippen LogP contribution in [0.3, 0.4) is 0 Å². The average molecular weight is 779 g/mol. The Kier molecular flexibility index (Phi) is 10.8. The predicted molar refractivity (Wildman–Crippen MR) is 215 cm³/mol. The lowest BCUT2D eigenvalue weighted by atomic mass is 10.1. The first-order chi connectivity index (χ1) is 28.3. The maximum Gasteiger partial charge on any atom is 0.407 e. The first-order valence-electron chi connectivity index (χ1n) is 19.2. The van der Waals surface area contributed by atoms with Crippen molar-refractivity contribution < 1.29 is 28.7 Å². The Balaban J connectivity index is 0.987. The number of fused-ring (bicyclic) bond motifs is 2. The lowest BCUT2D eigenvalue weighted by molar-refractivity contribution is -0.135. The summed E-state index contributed by atoms with van der Waals surface area (Å²) in [6.07, 6.45) is 1.69. The summed E-state index contributed by atoms with van der Waals surface area (Å²) < 4.78 is 9.65. The van der Waals surface area contributed by atoms with Crippen LogP contribution in [-0.2, 0) is 19.1 Å². The Morgan fingerprint density at radius 3 is 1.45 bits per heavy atom. The minimum absolute atomic E-state index is 0.230. The molecule has 0 unspecified atom stereocenters. The molecule has 4 N–H and O–H groups in total. The smallest absolute Gasteiger partial charge is 0.407 e. The number of carbonyl (C=O) groups is 4. The van der Waals surface area contributed by atoms with E-state index in [1.807, 2.05) is 97.1 Å². The molecule has 2 aliphatic rings. The zero-order valence-electron chi connectivity index (χ0n) is 32.0. The highest BCUT2D eigenvalue weighted by Crippen LogP contribution is 2.35. The molecule has 0 saturated carbocycles. The number of carbonyl (C=O) groups excluding carboxylic acids is 4. The number of benzene rings is 4. The summed E-state index contributed by atoms with van der Waals surface area (Å²) in [5, 5.41) is 5.41. The van der Waals surface area contributed by atoms with Gasteiger partial charge in [0.05, 0.1) is 48.4 Å². The minimum Gasteiger partial charge on any atom is -0.453 e. The SMILES string of the molecule is COC(=O)N[C@@H](C(=O)N1CCC[C@H]1c1nc2ccc(C#Cc3ccc4nc([C@@H]5CCCN5C(=O)[C@H](NC(=O)OC)c5ccccc5)[nH]c4c3)cc2[nH]1)c1ccccc1. The summed E-state index contributed by atoms with van der Waals surface area (Å²) in [7, 11) is 2.55. The van der Waals surface area contributed by atoms with E-state index < -0.39 is 24.3 Å². The van der Waals surface area contributed by atoms with Gasteiger partial charge in [-0.25, -0.2) is 19.6 Å². The highest BCUT2D eigenvalue weighted by Gasteiger charge is 2.38. The second-order valence-electron chi connectivity index (χ2n) is 14.3. The Bertz CT molecular complexity index is 2370. The molecule has 0 radical (unpaired) electrons. The number of amides is 4. The van der Waals surface area contributed by atoms with Gasteiger partial charge in [-0.3, -0.25) is 9.59 Å². The molecule has 294 valence electrons. The van der Waals surface area contributed by atoms with Gasteiger partial charge in [0.1, 0.15) is 23.7 Å². The van der Waals surface area contributed by atoms with E-state index in [0.717, 1.165) is 58.9 Å². The number of likely N-dealkylation sites (tertiary alicyclic amines) is 2. The van der Waals surface area contributed by atoms with Crippen molar-refractivity contribution in [2.75, 3.05) is 27.3 Å². The van der Waals surface area contributed by atoms with Gasteiger partial charge in [-0.15, -0.1) is 0 Å². The first kappa shape index (κ1) is 37.8. The lowest BCUT2D eigenvalue weighted by Crippen LogP contribution is -2.42. The van der Waals surface area contributed by atoms with E-state index >= 15 is 0 Å². The van der Waals surface area contributed by atoms with Crippen molar-refractivity contribution in [3.63, 3.8) is 0 Å². The van der Waals surface area contributed by atoms with Crippen LogP contribution in [0.2, 0.25) is 0 Å². The fraction of sp³-hybridized carbons (Fsp3) is 0.273. The van der Waals surface area contributed by atoms with Crippen molar-refractivity contribution in [3.8, 4) is 11.8 Å². The van der Waals surface area contributed by atoms with Gasteiger partial charge in [-0.2, -0.15) is 0 Å². The lowest BCUT2D eigenvalue weighted by Gasteiger charge is -2.28. The number of H-pyrrole nitrogens is 2. The minimum atomic E-state index is -0.899. The molecule has 2 aromatic heterocycles. The number of nitrogens with one attached hydrogen (secondary N) is 4. The molecule has 2 saturated heterocycles. The zero-order chi connectivity index (χ0) is 40.2. The predicted octanol–water partition coefficient (Wildman–Crippen LogP) is 6.36. The number of methoxy groups -OCH3 is 2. The molecule has 6 aromatic rings. The van der Waals surface area contributed by atoms with Crippen LogP contribution in [0.5, 0.6) is 0 Å². The first-order valence-corrected chi connectivity index (χ1v) is 19.2. The fourth-order valence-electron chi connectivity index (χ4n) is 7.86. The van der Waals surface area contributed by atoms with Crippen LogP contribution in [0.1, 0.15) is 83.8 Å². The zero-order valence-corrected chi connectivity index (χ0v) is 32.0. The van der Waals surface area contributed by atoms with Crippen molar-refractivity contribution in [2.24, 2.45) is 0 Å². The van der Waals surface area contributed by atoms with Gasteiger partial charge in [0.25, 0.3) is 11.8 Å². The second kappa shape index (κ2) is 16.5. The normalized spacial score (nSPS) is 17.3. The summed E-state index contributed by atoms with van der Waals surface area (Å²) >= 11 is 0. The van der Waals surface area contributed by atoms with Crippen LogP contribution in [0.25, 0.3) is 22.1 Å². The van der Waals surface area contributed by atoms with Gasteiger partial charge in [-0.1, -0.05) is 72.5 Å². The van der Waals surface area contributed by atoms with E-state index in [2.05, 4.69) is 32.4 Å². The molecule has 14 heteroatoms. The molecule has 8 rings (SSSR count). The third-order valence-corrected chi connectivity index (χ3v) is 10.7. The van der Waals surface area contributed by atoms with Crippen molar-refractivity contribution in [1.82, 2.24) is 40.4 Å². The number of imidazole rings is 2. The third-order valence-electron chi connectivity index (χ3n) is 10.7. The number of hydrogen-bond donors (Lipinski definition) is 4. The van der Waals surface area contributed by atoms with Crippen LogP contribution >= 0.6 is 0 Å². The second-order valence-corrected chi connectivity index (χ2v) is 14.3. The molecule has 14 nitrogen and oxygen atoms in total. The highest BCUT2D eigenvalue weighted by molar-refractivity contribution is 5.88. The van der Waals surface area contributed by atoms with E-state index in [4.69, 9.17) is 19.4 Å². The standard InChI is InChI=1S/C44H42N8O6/c1-57-43(55)49-37(29-11-5-3-6-12-29)41(53)51-23-9-15-35(51)39-45-31-21-19-27(25-33(31)47-39)17-18-28-20-22-32-34(26-28)48-40(46-32)36-16-10-24-52(36)42(54)38(50-44(56)58-2)30-13-7-4-8-14-30/h3-8,11-14,19-22,25-26,35-38H,9-10,15-16,23-24H2,1-2H3,(H,45,47)(H,46,48)(H,49,55)(H,50,56)/t35-,36-,37+,38+/m0/s1. The van der Waals surface area contributed by atoms with Crippen LogP contribution in [-0.4, -0.2) is 81.0 Å². The monoisotopic (exact) mass is 778 g/mol. The maximum absolute atomic E-state index is 13.9. The van der Waals surface area contributed by atoms with Gasteiger partial charge >= 0.3 is 12.2 Å². The summed E-state index contributed by atoms with van der Waals surface area (Å²) in [6.45, 7) is 1.07. The molecule has 0 bridgehead atoms. The van der Waals surface area contributed by atoms with E-state index in [1.165, 1.54) is 14.2 Å². The maximum atomic E-state index is 13.9. The molecular weight excluding hydrogens is 737 g/mol. The van der Waals surface area contributed by atoms with Gasteiger partial charge in [0.15, 0.2) is 0 Å². The van der Waals surface area contributed by atoms with E-state index in [-0.39, 0.29) is 23.9 Å².